The Morgan fingerprint density at radius 2 is 1.96 bits per heavy atom. The van der Waals surface area contributed by atoms with Crippen molar-refractivity contribution in [2.24, 2.45) is 0 Å². The maximum absolute atomic E-state index is 12.5. The Balaban J connectivity index is 1.65. The van der Waals surface area contributed by atoms with Crippen LogP contribution in [0, 0.1) is 0 Å². The summed E-state index contributed by atoms with van der Waals surface area (Å²) < 4.78 is 5.65. The summed E-state index contributed by atoms with van der Waals surface area (Å²) in [6.45, 7) is 7.48. The molecule has 1 unspecified atom stereocenters. The number of ether oxygens (including phenoxy) is 1. The highest BCUT2D eigenvalue weighted by atomic mass is 16.5. The molecule has 0 aromatic heterocycles. The molecule has 0 radical (unpaired) electrons. The van der Waals surface area contributed by atoms with E-state index in [0.29, 0.717) is 23.4 Å². The summed E-state index contributed by atoms with van der Waals surface area (Å²) in [5.41, 5.74) is 9.62. The second-order valence-electron chi connectivity index (χ2n) is 7.88. The number of carbonyl (C=O) groups is 1. The Bertz CT molecular complexity index is 802. The Hall–Kier alpha value is -2.69. The highest BCUT2D eigenvalue weighted by Crippen LogP contribution is 2.33. The minimum Gasteiger partial charge on any atom is -0.484 e. The van der Waals surface area contributed by atoms with Crippen molar-refractivity contribution in [2.45, 2.75) is 52.0 Å². The largest absolute Gasteiger partial charge is 0.484 e. The number of anilines is 3. The van der Waals surface area contributed by atoms with Gasteiger partial charge >= 0.3 is 0 Å². The third-order valence-corrected chi connectivity index (χ3v) is 5.32. The van der Waals surface area contributed by atoms with Crippen molar-refractivity contribution in [3.8, 4) is 5.75 Å². The third kappa shape index (κ3) is 4.97. The van der Waals surface area contributed by atoms with Crippen LogP contribution in [-0.2, 0) is 4.79 Å². The minimum atomic E-state index is -0.190. The first-order valence-electron chi connectivity index (χ1n) is 10.1. The van der Waals surface area contributed by atoms with Crippen LogP contribution >= 0.6 is 0 Å². The first kappa shape index (κ1) is 20.1. The number of hydrogen-bond donors (Lipinski definition) is 2. The maximum atomic E-state index is 12.5. The van der Waals surface area contributed by atoms with Gasteiger partial charge < -0.3 is 20.7 Å². The van der Waals surface area contributed by atoms with E-state index in [2.05, 4.69) is 31.0 Å². The van der Waals surface area contributed by atoms with Gasteiger partial charge in [-0.3, -0.25) is 4.79 Å². The quantitative estimate of drug-likeness (QED) is 0.706. The average molecular weight is 382 g/mol. The van der Waals surface area contributed by atoms with Crippen LogP contribution in [0.3, 0.4) is 0 Å². The second kappa shape index (κ2) is 9.00. The molecule has 0 saturated carbocycles. The van der Waals surface area contributed by atoms with Crippen molar-refractivity contribution in [1.82, 2.24) is 0 Å². The number of carbonyl (C=O) groups excluding carboxylic acids is 1. The zero-order chi connectivity index (χ0) is 20.1. The van der Waals surface area contributed by atoms with Crippen molar-refractivity contribution in [3.05, 3.63) is 48.0 Å². The summed E-state index contributed by atoms with van der Waals surface area (Å²) in [6.07, 6.45) is 3.57. The number of nitrogen functional groups attached to an aromatic ring is 1. The lowest BCUT2D eigenvalue weighted by molar-refractivity contribution is -0.118. The van der Waals surface area contributed by atoms with Crippen LogP contribution in [0.4, 0.5) is 17.1 Å². The van der Waals surface area contributed by atoms with Gasteiger partial charge in [0.2, 0.25) is 0 Å². The molecule has 0 aliphatic carbocycles. The molecule has 3 rings (SSSR count). The van der Waals surface area contributed by atoms with Gasteiger partial charge in [0.05, 0.1) is 11.4 Å². The molecule has 1 aliphatic rings. The predicted octanol–water partition coefficient (Wildman–Crippen LogP) is 4.79. The van der Waals surface area contributed by atoms with Gasteiger partial charge in [0, 0.05) is 18.3 Å². The number of piperidine rings is 1. The molecular formula is C23H31N3O2. The molecule has 2 aromatic carbocycles. The summed E-state index contributed by atoms with van der Waals surface area (Å²) in [5, 5.41) is 2.98. The molecule has 0 bridgehead atoms. The van der Waals surface area contributed by atoms with Gasteiger partial charge in [0.25, 0.3) is 5.91 Å². The van der Waals surface area contributed by atoms with Gasteiger partial charge in [-0.1, -0.05) is 26.0 Å². The molecule has 5 nitrogen and oxygen atoms in total. The van der Waals surface area contributed by atoms with Crippen molar-refractivity contribution in [2.75, 3.05) is 29.1 Å². The lowest BCUT2D eigenvalue weighted by atomic mass is 10.0. The van der Waals surface area contributed by atoms with E-state index in [4.69, 9.17) is 10.5 Å². The Morgan fingerprint density at radius 1 is 1.21 bits per heavy atom. The highest BCUT2D eigenvalue weighted by molar-refractivity contribution is 5.96. The second-order valence-corrected chi connectivity index (χ2v) is 7.88. The van der Waals surface area contributed by atoms with Crippen LogP contribution in [0.25, 0.3) is 0 Å². The van der Waals surface area contributed by atoms with Crippen LogP contribution < -0.4 is 20.7 Å². The fourth-order valence-corrected chi connectivity index (χ4v) is 3.64. The van der Waals surface area contributed by atoms with E-state index in [-0.39, 0.29) is 12.5 Å². The summed E-state index contributed by atoms with van der Waals surface area (Å²) in [7, 11) is 0. The third-order valence-electron chi connectivity index (χ3n) is 5.32. The minimum absolute atomic E-state index is 0.0369. The number of nitrogens with zero attached hydrogens (tertiary/aromatic N) is 1. The van der Waals surface area contributed by atoms with E-state index in [1.54, 1.807) is 0 Å². The van der Waals surface area contributed by atoms with Crippen molar-refractivity contribution in [3.63, 3.8) is 0 Å². The van der Waals surface area contributed by atoms with E-state index < -0.39 is 0 Å². The Labute approximate surface area is 167 Å². The topological polar surface area (TPSA) is 67.6 Å². The predicted molar refractivity (Wildman–Crippen MR) is 116 cm³/mol. The van der Waals surface area contributed by atoms with Gasteiger partial charge in [0.1, 0.15) is 5.75 Å². The molecule has 1 aliphatic heterocycles. The number of amides is 1. The molecule has 1 atom stereocenters. The normalized spacial score (nSPS) is 16.9. The van der Waals surface area contributed by atoms with Crippen LogP contribution in [0.5, 0.6) is 5.75 Å². The zero-order valence-corrected chi connectivity index (χ0v) is 17.1. The molecule has 1 fully saturated rings. The Morgan fingerprint density at radius 3 is 2.64 bits per heavy atom. The van der Waals surface area contributed by atoms with Crippen molar-refractivity contribution >= 4 is 23.0 Å². The van der Waals surface area contributed by atoms with Gasteiger partial charge in [-0.2, -0.15) is 0 Å². The van der Waals surface area contributed by atoms with Gasteiger partial charge in [-0.25, -0.2) is 0 Å². The molecule has 2 aromatic rings. The van der Waals surface area contributed by atoms with E-state index in [1.165, 1.54) is 12.0 Å². The monoisotopic (exact) mass is 381 g/mol. The first-order chi connectivity index (χ1) is 13.4. The summed E-state index contributed by atoms with van der Waals surface area (Å²) in [4.78, 5) is 14.8. The number of nitrogens with two attached hydrogens (primary N) is 1. The summed E-state index contributed by atoms with van der Waals surface area (Å²) >= 11 is 0. The number of nitrogens with one attached hydrogen (secondary N) is 1. The highest BCUT2D eigenvalue weighted by Gasteiger charge is 2.21. The molecular weight excluding hydrogens is 350 g/mol. The van der Waals surface area contributed by atoms with Gasteiger partial charge in [-0.15, -0.1) is 0 Å². The molecule has 28 heavy (non-hydrogen) atoms. The first-order valence-corrected chi connectivity index (χ1v) is 10.1. The van der Waals surface area contributed by atoms with Crippen molar-refractivity contribution < 1.29 is 9.53 Å². The standard InChI is InChI=1S/C23H31N3O2/c1-16(2)18-7-10-20(11-8-18)28-15-23(27)25-21-14-19(24)9-12-22(21)26-13-5-4-6-17(26)3/h7-12,14,16-17H,4-6,13,15,24H2,1-3H3,(H,25,27). The van der Waals surface area contributed by atoms with Crippen LogP contribution in [0.2, 0.25) is 0 Å². The van der Waals surface area contributed by atoms with Crippen molar-refractivity contribution in [1.29, 1.82) is 0 Å². The number of rotatable bonds is 6. The molecule has 3 N–H and O–H groups in total. The SMILES string of the molecule is CC(C)c1ccc(OCC(=O)Nc2cc(N)ccc2N2CCCCC2C)cc1. The van der Waals surface area contributed by atoms with E-state index in [1.807, 2.05) is 42.5 Å². The summed E-state index contributed by atoms with van der Waals surface area (Å²) in [6, 6.07) is 14.0. The zero-order valence-electron chi connectivity index (χ0n) is 17.1. The number of benzene rings is 2. The number of hydrogen-bond acceptors (Lipinski definition) is 4. The fraction of sp³-hybridized carbons (Fsp3) is 0.435. The molecule has 1 amide bonds. The average Bonchev–Trinajstić information content (AvgIpc) is 2.68. The molecule has 5 heteroatoms. The van der Waals surface area contributed by atoms with E-state index >= 15 is 0 Å². The van der Waals surface area contributed by atoms with Crippen LogP contribution in [0.15, 0.2) is 42.5 Å². The van der Waals surface area contributed by atoms with E-state index in [0.717, 1.165) is 30.8 Å². The van der Waals surface area contributed by atoms with Gasteiger partial charge in [-0.05, 0) is 68.0 Å². The van der Waals surface area contributed by atoms with E-state index in [9.17, 15) is 4.79 Å². The van der Waals surface area contributed by atoms with Crippen LogP contribution in [-0.4, -0.2) is 25.1 Å². The lowest BCUT2D eigenvalue weighted by Gasteiger charge is -2.36. The Kier molecular flexibility index (Phi) is 6.45. The lowest BCUT2D eigenvalue weighted by Crippen LogP contribution is -2.38. The summed E-state index contributed by atoms with van der Waals surface area (Å²) in [5.74, 6) is 0.970. The van der Waals surface area contributed by atoms with Gasteiger partial charge in [0.15, 0.2) is 6.61 Å². The molecule has 0 spiro atoms. The molecule has 150 valence electrons. The fourth-order valence-electron chi connectivity index (χ4n) is 3.64. The van der Waals surface area contributed by atoms with Crippen LogP contribution in [0.1, 0.15) is 51.5 Å². The molecule has 1 saturated heterocycles. The molecule has 1 heterocycles. The smallest absolute Gasteiger partial charge is 0.262 e. The maximum Gasteiger partial charge on any atom is 0.262 e.